The summed E-state index contributed by atoms with van der Waals surface area (Å²) in [7, 11) is 0. The smallest absolute Gasteiger partial charge is 0.254 e. The van der Waals surface area contributed by atoms with Crippen LogP contribution < -0.4 is 9.47 Å². The van der Waals surface area contributed by atoms with Crippen LogP contribution in [0.1, 0.15) is 46.1 Å². The van der Waals surface area contributed by atoms with Crippen molar-refractivity contribution in [1.82, 2.24) is 14.5 Å². The number of carbonyl (C=O) groups excluding carboxylic acids is 2. The summed E-state index contributed by atoms with van der Waals surface area (Å²) < 4.78 is 12.6. The highest BCUT2D eigenvalue weighted by Gasteiger charge is 2.47. The average Bonchev–Trinajstić information content (AvgIpc) is 3.30. The minimum Gasteiger partial charge on any atom is -0.494 e. The normalized spacial score (nSPS) is 17.9. The van der Waals surface area contributed by atoms with Crippen LogP contribution in [0.4, 0.5) is 0 Å². The van der Waals surface area contributed by atoms with Gasteiger partial charge in [-0.05, 0) is 58.7 Å². The lowest BCUT2D eigenvalue weighted by Gasteiger charge is -2.35. The van der Waals surface area contributed by atoms with Crippen LogP contribution in [0, 0.1) is 5.41 Å². The quantitative estimate of drug-likeness (QED) is 0.578. The molecule has 194 valence electrons. The third kappa shape index (κ3) is 4.72. The van der Waals surface area contributed by atoms with Gasteiger partial charge in [-0.1, -0.05) is 0 Å². The number of piperidine rings is 1. The Hall–Kier alpha value is -3.69. The molecule has 0 atom stereocenters. The van der Waals surface area contributed by atoms with Crippen molar-refractivity contribution in [3.05, 3.63) is 35.9 Å². The summed E-state index contributed by atoms with van der Waals surface area (Å²) in [6.07, 6.45) is 1.17. The molecule has 0 aliphatic carbocycles. The molecule has 2 aliphatic rings. The molecule has 0 saturated carbocycles. The predicted octanol–water partition coefficient (Wildman–Crippen LogP) is 2.96. The Bertz CT molecular complexity index is 1140. The number of rotatable bonds is 8. The highest BCUT2D eigenvalue weighted by atomic mass is 16.5. The molecular weight excluding hydrogens is 464 g/mol. The third-order valence-corrected chi connectivity index (χ3v) is 6.75. The van der Waals surface area contributed by atoms with E-state index < -0.39 is 5.41 Å². The van der Waals surface area contributed by atoms with Crippen molar-refractivity contribution in [1.29, 1.82) is 0 Å². The van der Waals surface area contributed by atoms with Gasteiger partial charge in [0.25, 0.3) is 5.91 Å². The molecule has 2 N–H and O–H groups in total. The Morgan fingerprint density at radius 2 is 1.64 bits per heavy atom. The number of aromatic nitrogens is 1. The Morgan fingerprint density at radius 3 is 2.25 bits per heavy atom. The number of nitrogens with zero attached hydrogens (tertiary/aromatic N) is 4. The zero-order chi connectivity index (χ0) is 26.0. The summed E-state index contributed by atoms with van der Waals surface area (Å²) in [4.78, 5) is 27.8. The van der Waals surface area contributed by atoms with Crippen molar-refractivity contribution in [2.75, 3.05) is 26.3 Å². The first-order valence-corrected chi connectivity index (χ1v) is 12.3. The molecule has 3 heterocycles. The van der Waals surface area contributed by atoms with E-state index in [2.05, 4.69) is 0 Å². The zero-order valence-electron chi connectivity index (χ0n) is 21.2. The van der Waals surface area contributed by atoms with Gasteiger partial charge in [-0.15, -0.1) is 0 Å². The van der Waals surface area contributed by atoms with Crippen LogP contribution in [0.25, 0.3) is 0 Å². The molecule has 1 aromatic carbocycles. The lowest BCUT2D eigenvalue weighted by atomic mass is 9.83. The van der Waals surface area contributed by atoms with E-state index in [1.54, 1.807) is 9.91 Å². The molecule has 2 amide bonds. The Balaban J connectivity index is 1.48. The number of amides is 2. The Kier molecular flexibility index (Phi) is 7.14. The maximum atomic E-state index is 13.4. The number of hydrogen-bond acceptors (Lipinski definition) is 7. The van der Waals surface area contributed by atoms with Crippen LogP contribution in [0.3, 0.4) is 0 Å². The van der Waals surface area contributed by atoms with Gasteiger partial charge in [0.1, 0.15) is 6.54 Å². The molecule has 1 fully saturated rings. The number of carbonyl (C=O) groups is 2. The minimum atomic E-state index is -0.812. The van der Waals surface area contributed by atoms with Gasteiger partial charge in [-0.2, -0.15) is 5.10 Å². The monoisotopic (exact) mass is 498 g/mol. The number of hydrogen-bond donors (Lipinski definition) is 2. The van der Waals surface area contributed by atoms with Gasteiger partial charge < -0.3 is 24.6 Å². The van der Waals surface area contributed by atoms with E-state index in [4.69, 9.17) is 14.6 Å². The molecule has 36 heavy (non-hydrogen) atoms. The predicted molar refractivity (Wildman–Crippen MR) is 133 cm³/mol. The van der Waals surface area contributed by atoms with Gasteiger partial charge in [-0.25, -0.2) is 5.01 Å². The summed E-state index contributed by atoms with van der Waals surface area (Å²) in [6, 6.07) is 8.18. The summed E-state index contributed by atoms with van der Waals surface area (Å²) >= 11 is 0. The molecule has 0 spiro atoms. The van der Waals surface area contributed by atoms with E-state index in [0.717, 1.165) is 10.1 Å². The summed E-state index contributed by atoms with van der Waals surface area (Å²) in [5.74, 6) is 0.671. The topological polar surface area (TPSA) is 117 Å². The van der Waals surface area contributed by atoms with Crippen LogP contribution in [-0.2, 0) is 16.1 Å². The minimum absolute atomic E-state index is 0.0729. The SMILES string of the molecule is CCOc1ccc(C2=NN(C3CCN(C(=O)Cn4c(O)ccc4O)CC3)C(=O)C2(C)C)cc1OCC. The van der Waals surface area contributed by atoms with Crippen LogP contribution in [0.15, 0.2) is 35.4 Å². The van der Waals surface area contributed by atoms with Crippen molar-refractivity contribution < 1.29 is 29.3 Å². The summed E-state index contributed by atoms with van der Waals surface area (Å²) in [5.41, 5.74) is 0.669. The van der Waals surface area contributed by atoms with E-state index in [9.17, 15) is 19.8 Å². The van der Waals surface area contributed by atoms with E-state index in [1.807, 2.05) is 45.9 Å². The summed E-state index contributed by atoms with van der Waals surface area (Å²) in [5, 5.41) is 26.0. The van der Waals surface area contributed by atoms with Crippen LogP contribution >= 0.6 is 0 Å². The highest BCUT2D eigenvalue weighted by molar-refractivity contribution is 6.19. The van der Waals surface area contributed by atoms with Gasteiger partial charge in [0, 0.05) is 30.8 Å². The van der Waals surface area contributed by atoms with Crippen molar-refractivity contribution in [3.63, 3.8) is 0 Å². The number of aromatic hydroxyl groups is 2. The molecule has 0 radical (unpaired) electrons. The fourth-order valence-corrected chi connectivity index (χ4v) is 4.73. The molecule has 4 rings (SSSR count). The zero-order valence-corrected chi connectivity index (χ0v) is 21.2. The largest absolute Gasteiger partial charge is 0.494 e. The van der Waals surface area contributed by atoms with E-state index in [1.165, 1.54) is 12.1 Å². The average molecular weight is 499 g/mol. The fourth-order valence-electron chi connectivity index (χ4n) is 4.73. The molecule has 0 unspecified atom stereocenters. The van der Waals surface area contributed by atoms with E-state index in [-0.39, 0.29) is 36.2 Å². The molecule has 10 heteroatoms. The van der Waals surface area contributed by atoms with Crippen molar-refractivity contribution >= 4 is 17.5 Å². The number of benzene rings is 1. The Labute approximate surface area is 210 Å². The molecule has 0 bridgehead atoms. The van der Waals surface area contributed by atoms with Gasteiger partial charge >= 0.3 is 0 Å². The molecule has 2 aliphatic heterocycles. The number of hydrazone groups is 1. The van der Waals surface area contributed by atoms with Crippen molar-refractivity contribution in [2.24, 2.45) is 10.5 Å². The number of ether oxygens (including phenoxy) is 2. The first-order valence-electron chi connectivity index (χ1n) is 12.3. The fraction of sp³-hybridized carbons (Fsp3) is 0.500. The molecule has 1 saturated heterocycles. The molecule has 2 aromatic rings. The first-order chi connectivity index (χ1) is 17.2. The number of likely N-dealkylation sites (tertiary alicyclic amines) is 1. The lowest BCUT2D eigenvalue weighted by Crippen LogP contribution is -2.48. The van der Waals surface area contributed by atoms with Crippen LogP contribution in [-0.4, -0.2) is 74.6 Å². The lowest BCUT2D eigenvalue weighted by molar-refractivity contribution is -0.139. The van der Waals surface area contributed by atoms with Gasteiger partial charge in [-0.3, -0.25) is 14.2 Å². The van der Waals surface area contributed by atoms with Gasteiger partial charge in [0.05, 0.1) is 30.4 Å². The molecule has 1 aromatic heterocycles. The van der Waals surface area contributed by atoms with Crippen LogP contribution in [0.5, 0.6) is 23.3 Å². The van der Waals surface area contributed by atoms with Crippen molar-refractivity contribution in [3.8, 4) is 23.3 Å². The van der Waals surface area contributed by atoms with Gasteiger partial charge in [0.2, 0.25) is 5.91 Å². The molecule has 10 nitrogen and oxygen atoms in total. The first kappa shape index (κ1) is 25.4. The third-order valence-electron chi connectivity index (χ3n) is 6.75. The second-order valence-corrected chi connectivity index (χ2v) is 9.50. The second kappa shape index (κ2) is 10.1. The Morgan fingerprint density at radius 1 is 1.03 bits per heavy atom. The van der Waals surface area contributed by atoms with Crippen LogP contribution in [0.2, 0.25) is 0 Å². The second-order valence-electron chi connectivity index (χ2n) is 9.50. The van der Waals surface area contributed by atoms with Gasteiger partial charge in [0.15, 0.2) is 23.3 Å². The molecular formula is C26H34N4O6. The maximum absolute atomic E-state index is 13.4. The van der Waals surface area contributed by atoms with E-state index in [0.29, 0.717) is 56.4 Å². The van der Waals surface area contributed by atoms with Crippen molar-refractivity contribution in [2.45, 2.75) is 53.1 Å². The van der Waals surface area contributed by atoms with E-state index >= 15 is 0 Å². The standard InChI is InChI=1S/C26H34N4O6/c1-5-35-19-8-7-17(15-20(19)36-6-2)24-26(3,4)25(34)30(27-24)18-11-13-28(14-12-18)23(33)16-29-21(31)9-10-22(29)32/h7-10,15,18,31-32H,5-6,11-14,16H2,1-4H3. The summed E-state index contributed by atoms with van der Waals surface area (Å²) in [6.45, 7) is 9.35. The highest BCUT2D eigenvalue weighted by Crippen LogP contribution is 2.38. The maximum Gasteiger partial charge on any atom is 0.254 e.